The summed E-state index contributed by atoms with van der Waals surface area (Å²) in [4.78, 5) is 2.75. The van der Waals surface area contributed by atoms with Gasteiger partial charge >= 0.3 is 0 Å². The normalized spacial score (nSPS) is 44.8. The van der Waals surface area contributed by atoms with Crippen LogP contribution in [-0.2, 0) is 4.74 Å². The predicted molar refractivity (Wildman–Crippen MR) is 78.1 cm³/mol. The van der Waals surface area contributed by atoms with Crippen LogP contribution in [0.25, 0.3) is 0 Å². The highest BCUT2D eigenvalue weighted by Gasteiger charge is 2.41. The summed E-state index contributed by atoms with van der Waals surface area (Å²) in [6.07, 6.45) is 11.0. The van der Waals surface area contributed by atoms with Crippen LogP contribution in [0.2, 0.25) is 0 Å². The van der Waals surface area contributed by atoms with Crippen molar-refractivity contribution in [2.24, 2.45) is 11.7 Å². The van der Waals surface area contributed by atoms with Gasteiger partial charge in [-0.2, -0.15) is 0 Å². The van der Waals surface area contributed by atoms with Crippen LogP contribution in [-0.4, -0.2) is 42.3 Å². The van der Waals surface area contributed by atoms with Gasteiger partial charge in [-0.3, -0.25) is 4.90 Å². The van der Waals surface area contributed by atoms with Crippen molar-refractivity contribution in [3.05, 3.63) is 0 Å². The lowest BCUT2D eigenvalue weighted by atomic mass is 9.78. The second-order valence-corrected chi connectivity index (χ2v) is 6.82. The molecule has 1 aliphatic heterocycles. The molecule has 3 heteroatoms. The standard InChI is InChI=1S/C16H30N2O/c1-2-12-7-8-13(17)15(11-12)18-9-10-19-16-6-4-3-5-14(16)18/h12-16H,2-11,17H2,1H3. The fourth-order valence-electron chi connectivity index (χ4n) is 4.54. The highest BCUT2D eigenvalue weighted by molar-refractivity contribution is 4.96. The van der Waals surface area contributed by atoms with Gasteiger partial charge in [-0.25, -0.2) is 0 Å². The Bertz CT molecular complexity index is 294. The molecule has 2 saturated carbocycles. The molecule has 0 aromatic carbocycles. The van der Waals surface area contributed by atoms with E-state index in [1.807, 2.05) is 0 Å². The van der Waals surface area contributed by atoms with Gasteiger partial charge in [0.2, 0.25) is 0 Å². The number of morpholine rings is 1. The molecule has 5 unspecified atom stereocenters. The lowest BCUT2D eigenvalue weighted by Crippen LogP contribution is -2.61. The Morgan fingerprint density at radius 1 is 1.11 bits per heavy atom. The van der Waals surface area contributed by atoms with Crippen LogP contribution in [0.15, 0.2) is 0 Å². The maximum absolute atomic E-state index is 6.47. The first-order valence-corrected chi connectivity index (χ1v) is 8.42. The van der Waals surface area contributed by atoms with Crippen molar-refractivity contribution in [1.82, 2.24) is 4.90 Å². The molecule has 0 spiro atoms. The Balaban J connectivity index is 1.71. The van der Waals surface area contributed by atoms with E-state index in [1.54, 1.807) is 0 Å². The van der Waals surface area contributed by atoms with Gasteiger partial charge in [-0.1, -0.05) is 26.2 Å². The fourth-order valence-corrected chi connectivity index (χ4v) is 4.54. The molecule has 3 aliphatic rings. The van der Waals surface area contributed by atoms with Gasteiger partial charge < -0.3 is 10.5 Å². The van der Waals surface area contributed by atoms with E-state index in [0.717, 1.165) is 19.1 Å². The Morgan fingerprint density at radius 2 is 1.95 bits per heavy atom. The topological polar surface area (TPSA) is 38.5 Å². The summed E-state index contributed by atoms with van der Waals surface area (Å²) >= 11 is 0. The van der Waals surface area contributed by atoms with Crippen molar-refractivity contribution < 1.29 is 4.74 Å². The van der Waals surface area contributed by atoms with E-state index in [9.17, 15) is 0 Å². The van der Waals surface area contributed by atoms with E-state index in [0.29, 0.717) is 24.2 Å². The van der Waals surface area contributed by atoms with E-state index in [-0.39, 0.29) is 0 Å². The number of hydrogen-bond donors (Lipinski definition) is 1. The molecule has 0 aromatic rings. The van der Waals surface area contributed by atoms with Crippen LogP contribution in [0.5, 0.6) is 0 Å². The predicted octanol–water partition coefficient (Wildman–Crippen LogP) is 2.54. The average molecular weight is 266 g/mol. The monoisotopic (exact) mass is 266 g/mol. The largest absolute Gasteiger partial charge is 0.375 e. The Kier molecular flexibility index (Phi) is 4.45. The zero-order valence-corrected chi connectivity index (χ0v) is 12.4. The summed E-state index contributed by atoms with van der Waals surface area (Å²) in [5, 5.41) is 0. The quantitative estimate of drug-likeness (QED) is 0.835. The lowest BCUT2D eigenvalue weighted by Gasteiger charge is -2.50. The van der Waals surface area contributed by atoms with E-state index < -0.39 is 0 Å². The molecular weight excluding hydrogens is 236 g/mol. The van der Waals surface area contributed by atoms with E-state index in [4.69, 9.17) is 10.5 Å². The van der Waals surface area contributed by atoms with Crippen molar-refractivity contribution >= 4 is 0 Å². The molecule has 3 fully saturated rings. The van der Waals surface area contributed by atoms with Gasteiger partial charge in [0.25, 0.3) is 0 Å². The lowest BCUT2D eigenvalue weighted by molar-refractivity contribution is -0.111. The number of nitrogens with zero attached hydrogens (tertiary/aromatic N) is 1. The van der Waals surface area contributed by atoms with Crippen molar-refractivity contribution in [3.63, 3.8) is 0 Å². The molecular formula is C16H30N2O. The maximum atomic E-state index is 6.47. The van der Waals surface area contributed by atoms with Crippen LogP contribution in [0, 0.1) is 5.92 Å². The average Bonchev–Trinajstić information content (AvgIpc) is 2.47. The fraction of sp³-hybridized carbons (Fsp3) is 1.00. The number of fused-ring (bicyclic) bond motifs is 1. The number of nitrogens with two attached hydrogens (primary N) is 1. The van der Waals surface area contributed by atoms with Crippen LogP contribution < -0.4 is 5.73 Å². The molecule has 19 heavy (non-hydrogen) atoms. The highest BCUT2D eigenvalue weighted by atomic mass is 16.5. The van der Waals surface area contributed by atoms with Gasteiger partial charge in [0, 0.05) is 24.7 Å². The smallest absolute Gasteiger partial charge is 0.0731 e. The summed E-state index contributed by atoms with van der Waals surface area (Å²) in [7, 11) is 0. The SMILES string of the molecule is CCC1CCC(N)C(N2CCOC3CCCCC32)C1. The third-order valence-corrected chi connectivity index (χ3v) is 5.76. The Hall–Kier alpha value is -0.120. The van der Waals surface area contributed by atoms with Crippen LogP contribution in [0.4, 0.5) is 0 Å². The van der Waals surface area contributed by atoms with E-state index in [2.05, 4.69) is 11.8 Å². The molecule has 0 aromatic heterocycles. The second-order valence-electron chi connectivity index (χ2n) is 6.82. The molecule has 2 N–H and O–H groups in total. The molecule has 3 rings (SSSR count). The van der Waals surface area contributed by atoms with Gasteiger partial charge in [-0.15, -0.1) is 0 Å². The minimum atomic E-state index is 0.392. The molecule has 110 valence electrons. The van der Waals surface area contributed by atoms with Crippen molar-refractivity contribution in [3.8, 4) is 0 Å². The molecule has 5 atom stereocenters. The summed E-state index contributed by atoms with van der Waals surface area (Å²) in [5.74, 6) is 0.898. The first-order valence-electron chi connectivity index (χ1n) is 8.42. The molecule has 3 nitrogen and oxygen atoms in total. The Morgan fingerprint density at radius 3 is 2.79 bits per heavy atom. The molecule has 0 radical (unpaired) electrons. The molecule has 1 heterocycles. The van der Waals surface area contributed by atoms with Crippen LogP contribution in [0.3, 0.4) is 0 Å². The van der Waals surface area contributed by atoms with Crippen molar-refractivity contribution in [2.75, 3.05) is 13.2 Å². The summed E-state index contributed by atoms with van der Waals surface area (Å²) in [6, 6.07) is 1.67. The Labute approximate surface area is 117 Å². The third-order valence-electron chi connectivity index (χ3n) is 5.76. The van der Waals surface area contributed by atoms with Gasteiger partial charge in [-0.05, 0) is 38.0 Å². The zero-order chi connectivity index (χ0) is 13.2. The van der Waals surface area contributed by atoms with Crippen molar-refractivity contribution in [2.45, 2.75) is 82.5 Å². The highest BCUT2D eigenvalue weighted by Crippen LogP contribution is 2.35. The number of ether oxygens (including phenoxy) is 1. The summed E-state index contributed by atoms with van der Waals surface area (Å²) < 4.78 is 6.01. The molecule has 2 aliphatic carbocycles. The first-order chi connectivity index (χ1) is 9.29. The maximum Gasteiger partial charge on any atom is 0.0731 e. The second kappa shape index (κ2) is 6.11. The van der Waals surface area contributed by atoms with Gasteiger partial charge in [0.15, 0.2) is 0 Å². The van der Waals surface area contributed by atoms with Gasteiger partial charge in [0.1, 0.15) is 0 Å². The molecule has 1 saturated heterocycles. The summed E-state index contributed by atoms with van der Waals surface area (Å²) in [5.41, 5.74) is 6.47. The zero-order valence-electron chi connectivity index (χ0n) is 12.4. The number of hydrogen-bond acceptors (Lipinski definition) is 3. The minimum Gasteiger partial charge on any atom is -0.375 e. The van der Waals surface area contributed by atoms with E-state index >= 15 is 0 Å². The minimum absolute atomic E-state index is 0.392. The van der Waals surface area contributed by atoms with Crippen LogP contribution in [0.1, 0.15) is 58.3 Å². The first kappa shape index (κ1) is 13.8. The summed E-state index contributed by atoms with van der Waals surface area (Å²) in [6.45, 7) is 4.36. The van der Waals surface area contributed by atoms with Crippen LogP contribution >= 0.6 is 0 Å². The van der Waals surface area contributed by atoms with E-state index in [1.165, 1.54) is 51.4 Å². The molecule has 0 amide bonds. The molecule has 0 bridgehead atoms. The van der Waals surface area contributed by atoms with Gasteiger partial charge in [0.05, 0.1) is 12.7 Å². The third kappa shape index (κ3) is 2.84. The van der Waals surface area contributed by atoms with Crippen molar-refractivity contribution in [1.29, 1.82) is 0 Å². The number of rotatable bonds is 2.